The average molecular weight is 377 g/mol. The highest BCUT2D eigenvalue weighted by molar-refractivity contribution is 9.10. The van der Waals surface area contributed by atoms with Gasteiger partial charge in [0.15, 0.2) is 0 Å². The Morgan fingerprint density at radius 2 is 2.05 bits per heavy atom. The highest BCUT2D eigenvalue weighted by Crippen LogP contribution is 2.27. The van der Waals surface area contributed by atoms with Gasteiger partial charge >= 0.3 is 0 Å². The van der Waals surface area contributed by atoms with Crippen molar-refractivity contribution < 1.29 is 17.9 Å². The number of nitrogens with zero attached hydrogens (tertiary/aromatic N) is 1. The van der Waals surface area contributed by atoms with Gasteiger partial charge in [0.1, 0.15) is 5.75 Å². The van der Waals surface area contributed by atoms with Crippen molar-refractivity contribution in [2.24, 2.45) is 0 Å². The molecule has 1 saturated heterocycles. The molecule has 21 heavy (non-hydrogen) atoms. The normalized spacial score (nSPS) is 15.2. The molecule has 0 atom stereocenters. The number of ether oxygens (including phenoxy) is 1. The summed E-state index contributed by atoms with van der Waals surface area (Å²) in [6.07, 6.45) is 1.95. The van der Waals surface area contributed by atoms with Gasteiger partial charge in [0.2, 0.25) is 15.9 Å². The van der Waals surface area contributed by atoms with Crippen LogP contribution >= 0.6 is 15.9 Å². The maximum Gasteiger partial charge on any atom is 0.241 e. The van der Waals surface area contributed by atoms with E-state index in [-0.39, 0.29) is 17.3 Å². The predicted octanol–water partition coefficient (Wildman–Crippen LogP) is 1.36. The first-order valence-electron chi connectivity index (χ1n) is 6.55. The Bertz CT molecular complexity index is 627. The van der Waals surface area contributed by atoms with Crippen LogP contribution in [0.3, 0.4) is 0 Å². The predicted molar refractivity (Wildman–Crippen MR) is 81.7 cm³/mol. The molecule has 1 aromatic carbocycles. The van der Waals surface area contributed by atoms with Crippen molar-refractivity contribution in [2.75, 3.05) is 26.7 Å². The van der Waals surface area contributed by atoms with Gasteiger partial charge in [-0.15, -0.1) is 0 Å². The lowest BCUT2D eigenvalue weighted by Crippen LogP contribution is -2.38. The number of methoxy groups -OCH3 is 1. The number of carbonyl (C=O) groups excluding carboxylic acids is 1. The van der Waals surface area contributed by atoms with Gasteiger partial charge in [0.25, 0.3) is 0 Å². The molecule has 0 unspecified atom stereocenters. The van der Waals surface area contributed by atoms with Crippen LogP contribution < -0.4 is 9.46 Å². The van der Waals surface area contributed by atoms with Crippen molar-refractivity contribution in [3.05, 3.63) is 22.7 Å². The molecule has 1 heterocycles. The first-order valence-corrected chi connectivity index (χ1v) is 8.82. The SMILES string of the molecule is COc1ccc(S(=O)(=O)NCC(=O)N2CCCC2)cc1Br. The summed E-state index contributed by atoms with van der Waals surface area (Å²) in [5.41, 5.74) is 0. The molecule has 0 aromatic heterocycles. The monoisotopic (exact) mass is 376 g/mol. The van der Waals surface area contributed by atoms with E-state index >= 15 is 0 Å². The van der Waals surface area contributed by atoms with E-state index in [2.05, 4.69) is 20.7 Å². The molecule has 8 heteroatoms. The van der Waals surface area contributed by atoms with E-state index in [0.29, 0.717) is 23.3 Å². The van der Waals surface area contributed by atoms with Gasteiger partial charge in [-0.3, -0.25) is 4.79 Å². The topological polar surface area (TPSA) is 75.7 Å². The molecule has 1 fully saturated rings. The van der Waals surface area contributed by atoms with E-state index in [4.69, 9.17) is 4.74 Å². The number of halogens is 1. The summed E-state index contributed by atoms with van der Waals surface area (Å²) in [5.74, 6) is 0.353. The zero-order valence-electron chi connectivity index (χ0n) is 11.6. The number of carbonyl (C=O) groups is 1. The molecule has 0 saturated carbocycles. The summed E-state index contributed by atoms with van der Waals surface area (Å²) < 4.78 is 32.3. The molecule has 2 rings (SSSR count). The van der Waals surface area contributed by atoms with Crippen molar-refractivity contribution >= 4 is 31.9 Å². The molecule has 1 amide bonds. The van der Waals surface area contributed by atoms with Gasteiger partial charge in [-0.2, -0.15) is 0 Å². The quantitative estimate of drug-likeness (QED) is 0.841. The van der Waals surface area contributed by atoms with E-state index in [1.54, 1.807) is 11.0 Å². The lowest BCUT2D eigenvalue weighted by atomic mass is 10.3. The highest BCUT2D eigenvalue weighted by Gasteiger charge is 2.21. The van der Waals surface area contributed by atoms with E-state index in [1.165, 1.54) is 19.2 Å². The second-order valence-electron chi connectivity index (χ2n) is 4.71. The standard InChI is InChI=1S/C13H17BrN2O4S/c1-20-12-5-4-10(8-11(12)14)21(18,19)15-9-13(17)16-6-2-3-7-16/h4-5,8,15H,2-3,6-7,9H2,1H3. The molecule has 1 N–H and O–H groups in total. The molecule has 1 aromatic rings. The molecule has 0 radical (unpaired) electrons. The van der Waals surface area contributed by atoms with Crippen molar-refractivity contribution in [1.29, 1.82) is 0 Å². The second-order valence-corrected chi connectivity index (χ2v) is 7.33. The van der Waals surface area contributed by atoms with Crippen LogP contribution in [0.1, 0.15) is 12.8 Å². The molecule has 0 aliphatic carbocycles. The maximum atomic E-state index is 12.2. The van der Waals surface area contributed by atoms with E-state index in [9.17, 15) is 13.2 Å². The van der Waals surface area contributed by atoms with Crippen LogP contribution in [0.15, 0.2) is 27.6 Å². The zero-order valence-corrected chi connectivity index (χ0v) is 14.0. The number of amides is 1. The number of hydrogen-bond acceptors (Lipinski definition) is 4. The maximum absolute atomic E-state index is 12.2. The smallest absolute Gasteiger partial charge is 0.241 e. The lowest BCUT2D eigenvalue weighted by Gasteiger charge is -2.15. The minimum Gasteiger partial charge on any atom is -0.496 e. The van der Waals surface area contributed by atoms with Gasteiger partial charge in [0, 0.05) is 13.1 Å². The molecule has 116 valence electrons. The zero-order chi connectivity index (χ0) is 15.5. The largest absolute Gasteiger partial charge is 0.496 e. The number of likely N-dealkylation sites (tertiary alicyclic amines) is 1. The minimum absolute atomic E-state index is 0.0874. The third kappa shape index (κ3) is 3.96. The number of nitrogens with one attached hydrogen (secondary N) is 1. The fourth-order valence-corrected chi connectivity index (χ4v) is 3.83. The summed E-state index contributed by atoms with van der Waals surface area (Å²) in [6.45, 7) is 1.19. The van der Waals surface area contributed by atoms with Gasteiger partial charge in [-0.05, 0) is 47.0 Å². The Morgan fingerprint density at radius 3 is 2.62 bits per heavy atom. The second kappa shape index (κ2) is 6.76. The third-order valence-electron chi connectivity index (χ3n) is 3.31. The van der Waals surface area contributed by atoms with Crippen LogP contribution in [-0.4, -0.2) is 46.0 Å². The van der Waals surface area contributed by atoms with Gasteiger partial charge < -0.3 is 9.64 Å². The summed E-state index contributed by atoms with van der Waals surface area (Å²) in [4.78, 5) is 13.6. The molecular formula is C13H17BrN2O4S. The molecule has 0 bridgehead atoms. The Morgan fingerprint density at radius 1 is 1.38 bits per heavy atom. The molecular weight excluding hydrogens is 360 g/mol. The van der Waals surface area contributed by atoms with Gasteiger partial charge in [0.05, 0.1) is 23.0 Å². The Hall–Kier alpha value is -1.12. The first kappa shape index (κ1) is 16.3. The van der Waals surface area contributed by atoms with E-state index in [1.807, 2.05) is 0 Å². The van der Waals surface area contributed by atoms with Crippen LogP contribution in [0.5, 0.6) is 5.75 Å². The molecule has 6 nitrogen and oxygen atoms in total. The van der Waals surface area contributed by atoms with Crippen LogP contribution in [0.25, 0.3) is 0 Å². The van der Waals surface area contributed by atoms with Crippen LogP contribution in [0.4, 0.5) is 0 Å². The van der Waals surface area contributed by atoms with Crippen LogP contribution in [-0.2, 0) is 14.8 Å². The highest BCUT2D eigenvalue weighted by atomic mass is 79.9. The van der Waals surface area contributed by atoms with Crippen molar-refractivity contribution in [1.82, 2.24) is 9.62 Å². The van der Waals surface area contributed by atoms with Crippen molar-refractivity contribution in [3.63, 3.8) is 0 Å². The number of sulfonamides is 1. The van der Waals surface area contributed by atoms with E-state index < -0.39 is 10.0 Å². The molecule has 1 aliphatic heterocycles. The van der Waals surface area contributed by atoms with Crippen LogP contribution in [0.2, 0.25) is 0 Å². The van der Waals surface area contributed by atoms with Crippen molar-refractivity contribution in [2.45, 2.75) is 17.7 Å². The van der Waals surface area contributed by atoms with Gasteiger partial charge in [-0.1, -0.05) is 0 Å². The number of hydrogen-bond donors (Lipinski definition) is 1. The lowest BCUT2D eigenvalue weighted by molar-refractivity contribution is -0.128. The Labute approximate surface area is 132 Å². The fourth-order valence-electron chi connectivity index (χ4n) is 2.13. The summed E-state index contributed by atoms with van der Waals surface area (Å²) in [7, 11) is -2.21. The summed E-state index contributed by atoms with van der Waals surface area (Å²) in [5, 5.41) is 0. The summed E-state index contributed by atoms with van der Waals surface area (Å²) in [6, 6.07) is 4.44. The Balaban J connectivity index is 2.04. The summed E-state index contributed by atoms with van der Waals surface area (Å²) >= 11 is 3.24. The first-order chi connectivity index (χ1) is 9.94. The number of benzene rings is 1. The third-order valence-corrected chi connectivity index (χ3v) is 5.32. The van der Waals surface area contributed by atoms with E-state index in [0.717, 1.165) is 12.8 Å². The van der Waals surface area contributed by atoms with Crippen LogP contribution in [0, 0.1) is 0 Å². The Kier molecular flexibility index (Phi) is 5.23. The minimum atomic E-state index is -3.72. The molecule has 1 aliphatic rings. The number of rotatable bonds is 5. The average Bonchev–Trinajstić information content (AvgIpc) is 2.99. The fraction of sp³-hybridized carbons (Fsp3) is 0.462. The van der Waals surface area contributed by atoms with Crippen molar-refractivity contribution in [3.8, 4) is 5.75 Å². The molecule has 0 spiro atoms. The van der Waals surface area contributed by atoms with Gasteiger partial charge in [-0.25, -0.2) is 13.1 Å².